The molecule has 15 heteroatoms. The maximum absolute atomic E-state index is 12.9. The number of nitrogens with zero attached hydrogens (tertiary/aromatic N) is 6. The van der Waals surface area contributed by atoms with Crippen LogP contribution in [-0.2, 0) is 16.5 Å². The monoisotopic (exact) mass is 534 g/mol. The Morgan fingerprint density at radius 3 is 2.78 bits per heavy atom. The molecule has 0 saturated carbocycles. The summed E-state index contributed by atoms with van der Waals surface area (Å²) in [6.45, 7) is 2.63. The zero-order valence-electron chi connectivity index (χ0n) is 19.9. The fourth-order valence-electron chi connectivity index (χ4n) is 3.89. The summed E-state index contributed by atoms with van der Waals surface area (Å²) >= 11 is 7.38. The average Bonchev–Trinajstić information content (AvgIpc) is 3.55. The van der Waals surface area contributed by atoms with E-state index < -0.39 is 12.1 Å². The number of methoxy groups -OCH3 is 2. The van der Waals surface area contributed by atoms with Crippen molar-refractivity contribution in [3.05, 3.63) is 28.3 Å². The number of anilines is 1. The molecule has 36 heavy (non-hydrogen) atoms. The Kier molecular flexibility index (Phi) is 7.43. The predicted molar refractivity (Wildman–Crippen MR) is 129 cm³/mol. The maximum atomic E-state index is 12.9. The third kappa shape index (κ3) is 4.85. The zero-order valence-corrected chi connectivity index (χ0v) is 21.4. The molecule has 2 atom stereocenters. The van der Waals surface area contributed by atoms with E-state index in [1.54, 1.807) is 21.1 Å². The highest BCUT2D eigenvalue weighted by Crippen LogP contribution is 2.40. The molecule has 0 radical (unpaired) electrons. The van der Waals surface area contributed by atoms with Crippen molar-refractivity contribution in [1.29, 1.82) is 5.26 Å². The van der Waals surface area contributed by atoms with E-state index in [0.29, 0.717) is 41.9 Å². The van der Waals surface area contributed by atoms with Gasteiger partial charge in [-0.25, -0.2) is 19.4 Å². The van der Waals surface area contributed by atoms with E-state index in [1.807, 2.05) is 11.0 Å². The minimum atomic E-state index is -0.873. The largest absolute Gasteiger partial charge is 0.514 e. The first-order valence-corrected chi connectivity index (χ1v) is 11.9. The van der Waals surface area contributed by atoms with Crippen molar-refractivity contribution in [1.82, 2.24) is 30.0 Å². The summed E-state index contributed by atoms with van der Waals surface area (Å²) in [6.07, 6.45) is 0.671. The number of halogens is 1. The summed E-state index contributed by atoms with van der Waals surface area (Å²) in [7, 11) is 4.48. The number of hydrogen-bond donors (Lipinski definition) is 2. The first-order valence-electron chi connectivity index (χ1n) is 10.7. The Hall–Kier alpha value is -3.67. The topological polar surface area (TPSA) is 160 Å². The Morgan fingerprint density at radius 2 is 2.17 bits per heavy atom. The van der Waals surface area contributed by atoms with E-state index in [-0.39, 0.29) is 33.5 Å². The van der Waals surface area contributed by atoms with Gasteiger partial charge in [-0.05, 0) is 13.3 Å². The second-order valence-electron chi connectivity index (χ2n) is 7.91. The minimum absolute atomic E-state index is 0.0936. The molecule has 1 saturated heterocycles. The van der Waals surface area contributed by atoms with Crippen LogP contribution in [-0.4, -0.2) is 76.2 Å². The smallest absolute Gasteiger partial charge is 0.437 e. The normalized spacial score (nSPS) is 17.5. The summed E-state index contributed by atoms with van der Waals surface area (Å²) in [5.41, 5.74) is 1.27. The van der Waals surface area contributed by atoms with Crippen molar-refractivity contribution >= 4 is 40.1 Å². The van der Waals surface area contributed by atoms with Crippen LogP contribution in [0.2, 0.25) is 5.02 Å². The molecule has 190 valence electrons. The maximum Gasteiger partial charge on any atom is 0.514 e. The summed E-state index contributed by atoms with van der Waals surface area (Å²) in [4.78, 5) is 38.4. The van der Waals surface area contributed by atoms with E-state index >= 15 is 0 Å². The van der Waals surface area contributed by atoms with Crippen molar-refractivity contribution in [2.45, 2.75) is 25.5 Å². The van der Waals surface area contributed by atoms with Gasteiger partial charge in [0.2, 0.25) is 5.06 Å². The van der Waals surface area contributed by atoms with Crippen LogP contribution in [0.3, 0.4) is 0 Å². The van der Waals surface area contributed by atoms with Crippen LogP contribution in [0.15, 0.2) is 6.33 Å². The predicted octanol–water partition coefficient (Wildman–Crippen LogP) is 2.27. The summed E-state index contributed by atoms with van der Waals surface area (Å²) < 4.78 is 17.1. The molecule has 4 rings (SSSR count). The van der Waals surface area contributed by atoms with Crippen LogP contribution in [0.4, 0.5) is 9.93 Å². The van der Waals surface area contributed by atoms with Gasteiger partial charge in [-0.3, -0.25) is 4.79 Å². The highest BCUT2D eigenvalue weighted by molar-refractivity contribution is 7.18. The van der Waals surface area contributed by atoms with Gasteiger partial charge in [0, 0.05) is 32.9 Å². The van der Waals surface area contributed by atoms with Crippen molar-refractivity contribution in [2.24, 2.45) is 7.05 Å². The fraction of sp³-hybridized carbons (Fsp3) is 0.429. The average molecular weight is 535 g/mol. The standard InChI is InChI=1S/C21H23ClN8O5S/c1-10-11(7-23)14(22)15(26-10)18(31)27-12-5-6-30(8-13(12)33-3)20-28-16(17-24-9-25-29(17)2)19(36-20)35-21(32)34-4/h9,12-13,26H,5-6,8H2,1-4H3,(H,27,31)/t12-,13+/m1/s1. The Morgan fingerprint density at radius 1 is 1.39 bits per heavy atom. The Bertz CT molecular complexity index is 1330. The van der Waals surface area contributed by atoms with Gasteiger partial charge >= 0.3 is 6.16 Å². The number of aromatic amines is 1. The zero-order chi connectivity index (χ0) is 26.0. The van der Waals surface area contributed by atoms with Crippen molar-refractivity contribution in [2.75, 3.05) is 32.2 Å². The van der Waals surface area contributed by atoms with E-state index in [2.05, 4.69) is 30.1 Å². The lowest BCUT2D eigenvalue weighted by Crippen LogP contribution is -2.55. The molecule has 0 aromatic carbocycles. The lowest BCUT2D eigenvalue weighted by atomic mass is 10.0. The highest BCUT2D eigenvalue weighted by atomic mass is 35.5. The van der Waals surface area contributed by atoms with E-state index in [1.165, 1.54) is 18.1 Å². The number of aromatic nitrogens is 5. The molecule has 1 aliphatic heterocycles. The van der Waals surface area contributed by atoms with E-state index in [4.69, 9.17) is 21.1 Å². The first kappa shape index (κ1) is 25.4. The van der Waals surface area contributed by atoms with Gasteiger partial charge in [-0.15, -0.1) is 0 Å². The summed E-state index contributed by atoms with van der Waals surface area (Å²) in [5.74, 6) is 0.00869. The fourth-order valence-corrected chi connectivity index (χ4v) is 5.15. The van der Waals surface area contributed by atoms with Crippen LogP contribution in [0.25, 0.3) is 11.5 Å². The SMILES string of the molecule is COC(=O)Oc1sc(N2CC[C@@H](NC(=O)c3[nH]c(C)c(C#N)c3Cl)[C@@H](OC)C2)nc1-c1ncnn1C. The minimum Gasteiger partial charge on any atom is -0.437 e. The Labute approximate surface area is 214 Å². The number of piperidine rings is 1. The molecule has 3 aromatic heterocycles. The number of rotatable bonds is 6. The first-order chi connectivity index (χ1) is 17.3. The molecule has 1 amide bonds. The van der Waals surface area contributed by atoms with Gasteiger partial charge < -0.3 is 29.4 Å². The lowest BCUT2D eigenvalue weighted by Gasteiger charge is -2.37. The molecule has 3 aromatic rings. The molecule has 1 aliphatic rings. The number of H-pyrrole nitrogens is 1. The van der Waals surface area contributed by atoms with Crippen molar-refractivity contribution < 1.29 is 23.8 Å². The molecule has 0 aliphatic carbocycles. The molecule has 1 fully saturated rings. The molecule has 13 nitrogen and oxygen atoms in total. The highest BCUT2D eigenvalue weighted by Gasteiger charge is 2.34. The van der Waals surface area contributed by atoms with Gasteiger partial charge in [0.15, 0.2) is 16.6 Å². The molecule has 0 unspecified atom stereocenters. The number of carbonyl (C=O) groups is 2. The van der Waals surface area contributed by atoms with Crippen LogP contribution in [0.1, 0.15) is 28.2 Å². The van der Waals surface area contributed by atoms with Crippen molar-refractivity contribution in [3.8, 4) is 22.7 Å². The Balaban J connectivity index is 1.52. The second kappa shape index (κ2) is 10.5. The van der Waals surface area contributed by atoms with E-state index in [9.17, 15) is 14.9 Å². The molecule has 4 heterocycles. The van der Waals surface area contributed by atoms with Crippen LogP contribution >= 0.6 is 22.9 Å². The quantitative estimate of drug-likeness (QED) is 0.449. The van der Waals surface area contributed by atoms with E-state index in [0.717, 1.165) is 11.3 Å². The van der Waals surface area contributed by atoms with Gasteiger partial charge in [0.05, 0.1) is 29.8 Å². The molecule has 2 N–H and O–H groups in total. The number of thiazole rings is 1. The number of nitriles is 1. The third-order valence-corrected chi connectivity index (χ3v) is 7.14. The lowest BCUT2D eigenvalue weighted by molar-refractivity contribution is 0.0540. The van der Waals surface area contributed by atoms with Crippen LogP contribution in [0, 0.1) is 18.3 Å². The van der Waals surface area contributed by atoms with Crippen LogP contribution in [0.5, 0.6) is 5.06 Å². The van der Waals surface area contributed by atoms with Gasteiger partial charge in [-0.2, -0.15) is 10.4 Å². The third-order valence-electron chi connectivity index (χ3n) is 5.76. The number of carbonyl (C=O) groups excluding carboxylic acids is 2. The number of amides is 1. The second-order valence-corrected chi connectivity index (χ2v) is 9.23. The summed E-state index contributed by atoms with van der Waals surface area (Å²) in [6, 6.07) is 1.68. The molecular formula is C21H23ClN8O5S. The van der Waals surface area contributed by atoms with Gasteiger partial charge in [0.25, 0.3) is 5.91 Å². The van der Waals surface area contributed by atoms with Crippen LogP contribution < -0.4 is 15.0 Å². The molecule has 0 bridgehead atoms. The molecule has 0 spiro atoms. The number of hydrogen-bond acceptors (Lipinski definition) is 11. The van der Waals surface area contributed by atoms with Gasteiger partial charge in [0.1, 0.15) is 18.1 Å². The number of ether oxygens (including phenoxy) is 3. The van der Waals surface area contributed by atoms with Gasteiger partial charge in [-0.1, -0.05) is 22.9 Å². The number of aryl methyl sites for hydroxylation is 2. The molecular weight excluding hydrogens is 512 g/mol. The van der Waals surface area contributed by atoms with Crippen molar-refractivity contribution in [3.63, 3.8) is 0 Å². The summed E-state index contributed by atoms with van der Waals surface area (Å²) in [5, 5.41) is 17.1. The number of nitrogens with one attached hydrogen (secondary N) is 2.